The first-order chi connectivity index (χ1) is 21.3. The van der Waals surface area contributed by atoms with Gasteiger partial charge in [0, 0.05) is 68.7 Å². The molecule has 0 saturated carbocycles. The zero-order valence-corrected chi connectivity index (χ0v) is 27.3. The largest absolute Gasteiger partial charge is 0.379 e. The normalized spacial score (nSPS) is 20.9. The average molecular weight is 671 g/mol. The Morgan fingerprint density at radius 1 is 0.932 bits per heavy atom. The molecule has 4 aromatic rings. The molecule has 6 rings (SSSR count). The number of hydrogen-bond acceptors (Lipinski definition) is 5. The van der Waals surface area contributed by atoms with Crippen LogP contribution in [0.1, 0.15) is 42.9 Å². The number of amides is 1. The zero-order chi connectivity index (χ0) is 30.7. The molecule has 0 spiro atoms. The number of ketones is 1. The molecule has 2 saturated heterocycles. The van der Waals surface area contributed by atoms with Gasteiger partial charge in [0.05, 0.1) is 25.7 Å². The second kappa shape index (κ2) is 13.9. The SMILES string of the molecule is O=C1C[C@](Sc2ccc(Cl)cc2)(C(=O)CCCCN2CCOCC2)[C@H](c2c[nH]c3cc(Cl)ccc23)N1Cc1ccc(Cl)cc1. The van der Waals surface area contributed by atoms with Gasteiger partial charge in [0.25, 0.3) is 0 Å². The number of nitrogens with zero attached hydrogens (tertiary/aromatic N) is 2. The van der Waals surface area contributed by atoms with Gasteiger partial charge in [-0.2, -0.15) is 0 Å². The molecule has 1 amide bonds. The summed E-state index contributed by atoms with van der Waals surface area (Å²) < 4.78 is 4.43. The average Bonchev–Trinajstić information content (AvgIpc) is 3.55. The molecule has 2 atom stereocenters. The van der Waals surface area contributed by atoms with Crippen LogP contribution < -0.4 is 0 Å². The molecule has 0 aliphatic carbocycles. The highest BCUT2D eigenvalue weighted by Gasteiger charge is 2.57. The first-order valence-electron chi connectivity index (χ1n) is 14.9. The minimum Gasteiger partial charge on any atom is -0.379 e. The predicted molar refractivity (Wildman–Crippen MR) is 179 cm³/mol. The van der Waals surface area contributed by atoms with Gasteiger partial charge in [0.15, 0.2) is 5.78 Å². The van der Waals surface area contributed by atoms with Crippen LogP contribution >= 0.6 is 46.6 Å². The summed E-state index contributed by atoms with van der Waals surface area (Å²) >= 11 is 20.2. The number of rotatable bonds is 11. The second-order valence-electron chi connectivity index (χ2n) is 11.4. The Morgan fingerprint density at radius 2 is 1.61 bits per heavy atom. The number of morpholine rings is 1. The lowest BCUT2D eigenvalue weighted by Crippen LogP contribution is -2.42. The van der Waals surface area contributed by atoms with E-state index in [0.717, 1.165) is 72.6 Å². The minimum atomic E-state index is -1.05. The molecule has 2 fully saturated rings. The van der Waals surface area contributed by atoms with E-state index in [9.17, 15) is 9.59 Å². The smallest absolute Gasteiger partial charge is 0.225 e. The molecule has 230 valence electrons. The third-order valence-corrected chi connectivity index (χ3v) is 10.7. The van der Waals surface area contributed by atoms with Crippen LogP contribution in [0, 0.1) is 0 Å². The van der Waals surface area contributed by atoms with Gasteiger partial charge in [-0.25, -0.2) is 0 Å². The predicted octanol–water partition coefficient (Wildman–Crippen LogP) is 8.20. The lowest BCUT2D eigenvalue weighted by molar-refractivity contribution is -0.129. The number of halogens is 3. The van der Waals surface area contributed by atoms with Crippen LogP contribution in [0.25, 0.3) is 10.9 Å². The summed E-state index contributed by atoms with van der Waals surface area (Å²) in [5.41, 5.74) is 2.71. The van der Waals surface area contributed by atoms with Crippen molar-refractivity contribution in [1.29, 1.82) is 0 Å². The Morgan fingerprint density at radius 3 is 2.34 bits per heavy atom. The van der Waals surface area contributed by atoms with Crippen LogP contribution in [0.4, 0.5) is 0 Å². The van der Waals surface area contributed by atoms with E-state index in [0.29, 0.717) is 28.0 Å². The summed E-state index contributed by atoms with van der Waals surface area (Å²) in [5, 5.41) is 2.81. The number of thioether (sulfide) groups is 1. The minimum absolute atomic E-state index is 0.0589. The number of carbonyl (C=O) groups is 2. The molecule has 44 heavy (non-hydrogen) atoms. The number of unbranched alkanes of at least 4 members (excludes halogenated alkanes) is 1. The van der Waals surface area contributed by atoms with Crippen molar-refractivity contribution in [3.63, 3.8) is 0 Å². The highest BCUT2D eigenvalue weighted by atomic mass is 35.5. The van der Waals surface area contributed by atoms with Gasteiger partial charge in [-0.15, -0.1) is 11.8 Å². The number of aromatic nitrogens is 1. The first kappa shape index (κ1) is 31.5. The van der Waals surface area contributed by atoms with Gasteiger partial charge in [0.1, 0.15) is 4.75 Å². The third-order valence-electron chi connectivity index (χ3n) is 8.54. The van der Waals surface area contributed by atoms with E-state index < -0.39 is 10.8 Å². The molecule has 0 unspecified atom stereocenters. The maximum atomic E-state index is 14.7. The van der Waals surface area contributed by atoms with E-state index in [2.05, 4.69) is 9.88 Å². The van der Waals surface area contributed by atoms with Crippen molar-refractivity contribution < 1.29 is 14.3 Å². The molecule has 0 bridgehead atoms. The van der Waals surface area contributed by atoms with Gasteiger partial charge in [0.2, 0.25) is 5.91 Å². The number of aromatic amines is 1. The summed E-state index contributed by atoms with van der Waals surface area (Å²) in [6.07, 6.45) is 4.08. The van der Waals surface area contributed by atoms with Crippen LogP contribution in [0.2, 0.25) is 15.1 Å². The van der Waals surface area contributed by atoms with E-state index in [1.807, 2.05) is 77.8 Å². The van der Waals surface area contributed by atoms with Crippen molar-refractivity contribution in [2.75, 3.05) is 32.8 Å². The molecule has 0 radical (unpaired) electrons. The lowest BCUT2D eigenvalue weighted by atomic mass is 9.86. The number of carbonyl (C=O) groups excluding carboxylic acids is 2. The Balaban J connectivity index is 1.39. The molecular formula is C34H34Cl3N3O3S. The second-order valence-corrected chi connectivity index (χ2v) is 14.2. The molecule has 10 heteroatoms. The third kappa shape index (κ3) is 6.84. The van der Waals surface area contributed by atoms with Crippen molar-refractivity contribution in [3.05, 3.63) is 99.1 Å². The summed E-state index contributed by atoms with van der Waals surface area (Å²) in [6.45, 7) is 4.64. The van der Waals surface area contributed by atoms with Gasteiger partial charge in [-0.05, 0) is 73.5 Å². The molecule has 1 N–H and O–H groups in total. The van der Waals surface area contributed by atoms with Crippen LogP contribution in [-0.2, 0) is 20.9 Å². The topological polar surface area (TPSA) is 65.6 Å². The highest BCUT2D eigenvalue weighted by Crippen LogP contribution is 2.55. The van der Waals surface area contributed by atoms with Crippen molar-refractivity contribution in [3.8, 4) is 0 Å². The number of fused-ring (bicyclic) bond motifs is 1. The van der Waals surface area contributed by atoms with Gasteiger partial charge >= 0.3 is 0 Å². The molecule has 2 aliphatic heterocycles. The fraction of sp³-hybridized carbons (Fsp3) is 0.353. The van der Waals surface area contributed by atoms with E-state index in [1.165, 1.54) is 11.8 Å². The fourth-order valence-corrected chi connectivity index (χ4v) is 8.22. The number of hydrogen-bond donors (Lipinski definition) is 1. The standard InChI is InChI=1S/C34H34Cl3N3O3S/c35-24-6-4-23(5-7-24)22-40-32(42)20-34(44-27-11-8-25(36)9-12-27,31(41)3-1-2-14-39-15-17-43-18-16-39)33(40)29-21-38-30-19-26(37)10-13-28(29)30/h4-13,19,21,33,38H,1-3,14-18,20,22H2/t33-,34-/m0/s1. The molecule has 3 heterocycles. The van der Waals surface area contributed by atoms with E-state index in [1.54, 1.807) is 0 Å². The summed E-state index contributed by atoms with van der Waals surface area (Å²) in [4.78, 5) is 37.3. The number of likely N-dealkylation sites (tertiary alicyclic amines) is 1. The van der Waals surface area contributed by atoms with Crippen molar-refractivity contribution in [2.45, 2.75) is 47.9 Å². The molecule has 1 aromatic heterocycles. The zero-order valence-electron chi connectivity index (χ0n) is 24.2. The van der Waals surface area contributed by atoms with E-state index >= 15 is 0 Å². The number of nitrogens with one attached hydrogen (secondary N) is 1. The summed E-state index contributed by atoms with van der Waals surface area (Å²) in [6, 6.07) is 20.2. The number of benzene rings is 3. The molecular weight excluding hydrogens is 637 g/mol. The Kier molecular flexibility index (Phi) is 9.91. The molecule has 2 aliphatic rings. The Hall–Kier alpha value is -2.52. The van der Waals surface area contributed by atoms with Crippen molar-refractivity contribution in [2.24, 2.45) is 0 Å². The number of Topliss-reactive ketones (excluding diaryl/α,β-unsaturated/α-hetero) is 1. The van der Waals surface area contributed by atoms with Gasteiger partial charge in [-0.3, -0.25) is 14.5 Å². The first-order valence-corrected chi connectivity index (χ1v) is 16.9. The molecule has 6 nitrogen and oxygen atoms in total. The number of ether oxygens (including phenoxy) is 1. The van der Waals surface area contributed by atoms with Crippen LogP contribution in [0.15, 0.2) is 77.8 Å². The fourth-order valence-electron chi connectivity index (χ4n) is 6.32. The van der Waals surface area contributed by atoms with E-state index in [-0.39, 0.29) is 18.1 Å². The quantitative estimate of drug-likeness (QED) is 0.163. The van der Waals surface area contributed by atoms with Gasteiger partial charge < -0.3 is 14.6 Å². The van der Waals surface area contributed by atoms with Crippen LogP contribution in [0.3, 0.4) is 0 Å². The van der Waals surface area contributed by atoms with Crippen LogP contribution in [-0.4, -0.2) is 64.1 Å². The lowest BCUT2D eigenvalue weighted by Gasteiger charge is -2.36. The summed E-state index contributed by atoms with van der Waals surface area (Å²) in [5.74, 6) is 0.0242. The molecule has 3 aromatic carbocycles. The monoisotopic (exact) mass is 669 g/mol. The maximum Gasteiger partial charge on any atom is 0.225 e. The van der Waals surface area contributed by atoms with Crippen molar-refractivity contribution >= 4 is 69.2 Å². The van der Waals surface area contributed by atoms with E-state index in [4.69, 9.17) is 39.5 Å². The van der Waals surface area contributed by atoms with Gasteiger partial charge in [-0.1, -0.05) is 53.0 Å². The maximum absolute atomic E-state index is 14.7. The van der Waals surface area contributed by atoms with Crippen LogP contribution in [0.5, 0.6) is 0 Å². The summed E-state index contributed by atoms with van der Waals surface area (Å²) in [7, 11) is 0. The Labute approximate surface area is 277 Å². The Bertz CT molecular complexity index is 1620. The van der Waals surface area contributed by atoms with Crippen molar-refractivity contribution in [1.82, 2.24) is 14.8 Å². The number of H-pyrrole nitrogens is 1. The highest BCUT2D eigenvalue weighted by molar-refractivity contribution is 8.01.